The lowest BCUT2D eigenvalue weighted by molar-refractivity contribution is -0.384. The topological polar surface area (TPSA) is 55.2 Å². The second kappa shape index (κ2) is 6.18. The molecule has 0 aliphatic heterocycles. The van der Waals surface area contributed by atoms with Gasteiger partial charge in [-0.25, -0.2) is 0 Å². The highest BCUT2D eigenvalue weighted by molar-refractivity contribution is 14.1. The Bertz CT molecular complexity index is 392. The molecule has 0 radical (unpaired) electrons. The maximum atomic E-state index is 10.8. The molecule has 1 aromatic rings. The number of hydrogen-bond acceptors (Lipinski definition) is 3. The van der Waals surface area contributed by atoms with Crippen molar-refractivity contribution in [1.82, 2.24) is 0 Å². The van der Waals surface area contributed by atoms with Gasteiger partial charge < -0.3 is 5.32 Å². The van der Waals surface area contributed by atoms with Crippen molar-refractivity contribution in [3.8, 4) is 0 Å². The molecule has 0 aliphatic rings. The molecule has 5 heteroatoms. The van der Waals surface area contributed by atoms with Crippen LogP contribution in [0.5, 0.6) is 0 Å². The molecular formula is C12H17IN2O2. The summed E-state index contributed by atoms with van der Waals surface area (Å²) in [6.07, 6.45) is 2.08. The van der Waals surface area contributed by atoms with Crippen LogP contribution >= 0.6 is 22.6 Å². The van der Waals surface area contributed by atoms with Crippen LogP contribution in [0.3, 0.4) is 0 Å². The van der Waals surface area contributed by atoms with Crippen molar-refractivity contribution in [3.05, 3.63) is 34.4 Å². The van der Waals surface area contributed by atoms with Gasteiger partial charge in [-0.1, -0.05) is 48.6 Å². The fourth-order valence-electron chi connectivity index (χ4n) is 1.54. The van der Waals surface area contributed by atoms with Crippen LogP contribution in [0.15, 0.2) is 24.3 Å². The number of nitro groups is 1. The predicted molar refractivity (Wildman–Crippen MR) is 78.9 cm³/mol. The molecule has 0 heterocycles. The SMILES string of the molecule is CCC(I)(CC)CNc1ccccc1[N+](=O)[O-]. The Morgan fingerprint density at radius 3 is 2.47 bits per heavy atom. The van der Waals surface area contributed by atoms with Crippen molar-refractivity contribution in [1.29, 1.82) is 0 Å². The van der Waals surface area contributed by atoms with E-state index < -0.39 is 0 Å². The van der Waals surface area contributed by atoms with E-state index in [4.69, 9.17) is 0 Å². The van der Waals surface area contributed by atoms with Gasteiger partial charge in [-0.15, -0.1) is 0 Å². The third kappa shape index (κ3) is 3.83. The van der Waals surface area contributed by atoms with Crippen molar-refractivity contribution in [2.24, 2.45) is 0 Å². The van der Waals surface area contributed by atoms with Gasteiger partial charge in [0.2, 0.25) is 0 Å². The van der Waals surface area contributed by atoms with Gasteiger partial charge in [-0.05, 0) is 18.9 Å². The van der Waals surface area contributed by atoms with Crippen LogP contribution in [0.4, 0.5) is 11.4 Å². The highest BCUT2D eigenvalue weighted by Gasteiger charge is 2.23. The third-order valence-corrected chi connectivity index (χ3v) is 4.87. The fraction of sp³-hybridized carbons (Fsp3) is 0.500. The number of rotatable bonds is 6. The second-order valence-corrected chi connectivity index (χ2v) is 6.27. The van der Waals surface area contributed by atoms with Gasteiger partial charge in [-0.2, -0.15) is 0 Å². The molecule has 1 aromatic carbocycles. The van der Waals surface area contributed by atoms with E-state index in [-0.39, 0.29) is 14.0 Å². The van der Waals surface area contributed by atoms with Crippen LogP contribution in [-0.4, -0.2) is 14.9 Å². The lowest BCUT2D eigenvalue weighted by Crippen LogP contribution is -2.28. The zero-order valence-electron chi connectivity index (χ0n) is 10.1. The first kappa shape index (κ1) is 14.2. The van der Waals surface area contributed by atoms with Gasteiger partial charge in [0, 0.05) is 16.0 Å². The number of alkyl halides is 1. The first-order chi connectivity index (χ1) is 8.02. The smallest absolute Gasteiger partial charge is 0.292 e. The first-order valence-electron chi connectivity index (χ1n) is 5.68. The standard InChI is InChI=1S/C12H17IN2O2/c1-3-12(13,4-2)9-14-10-7-5-6-8-11(10)15(16)17/h5-8,14H,3-4,9H2,1-2H3. The van der Waals surface area contributed by atoms with Crippen molar-refractivity contribution in [2.75, 3.05) is 11.9 Å². The summed E-state index contributed by atoms with van der Waals surface area (Å²) in [5, 5.41) is 14.0. The number of benzene rings is 1. The van der Waals surface area contributed by atoms with E-state index >= 15 is 0 Å². The highest BCUT2D eigenvalue weighted by atomic mass is 127. The van der Waals surface area contributed by atoms with E-state index in [9.17, 15) is 10.1 Å². The van der Waals surface area contributed by atoms with E-state index in [1.54, 1.807) is 12.1 Å². The molecule has 0 aliphatic carbocycles. The molecule has 0 saturated heterocycles. The molecule has 0 bridgehead atoms. The average molecular weight is 348 g/mol. The Morgan fingerprint density at radius 1 is 1.35 bits per heavy atom. The number of nitrogens with one attached hydrogen (secondary N) is 1. The van der Waals surface area contributed by atoms with Gasteiger partial charge >= 0.3 is 0 Å². The Balaban J connectivity index is 2.79. The summed E-state index contributed by atoms with van der Waals surface area (Å²) >= 11 is 2.43. The van der Waals surface area contributed by atoms with Crippen LogP contribution < -0.4 is 5.32 Å². The Morgan fingerprint density at radius 2 is 1.94 bits per heavy atom. The number of anilines is 1. The zero-order valence-corrected chi connectivity index (χ0v) is 12.2. The minimum atomic E-state index is -0.352. The van der Waals surface area contributed by atoms with E-state index in [0.29, 0.717) is 5.69 Å². The largest absolute Gasteiger partial charge is 0.378 e. The summed E-state index contributed by atoms with van der Waals surface area (Å²) < 4.78 is 0.154. The normalized spacial score (nSPS) is 11.2. The number of hydrogen-bond donors (Lipinski definition) is 1. The van der Waals surface area contributed by atoms with Gasteiger partial charge in [0.05, 0.1) is 4.92 Å². The number of nitrogens with zero attached hydrogens (tertiary/aromatic N) is 1. The summed E-state index contributed by atoms with van der Waals surface area (Å²) in [7, 11) is 0. The predicted octanol–water partition coefficient (Wildman–Crippen LogP) is 4.00. The maximum absolute atomic E-state index is 10.8. The van der Waals surface area contributed by atoms with Gasteiger partial charge in [0.15, 0.2) is 0 Å². The second-order valence-electron chi connectivity index (χ2n) is 3.99. The van der Waals surface area contributed by atoms with Crippen LogP contribution in [0.25, 0.3) is 0 Å². The Hall–Kier alpha value is -0.850. The van der Waals surface area contributed by atoms with E-state index in [1.165, 1.54) is 6.07 Å². The number of nitro benzene ring substituents is 1. The summed E-state index contributed by atoms with van der Waals surface area (Å²) in [6.45, 7) is 5.01. The van der Waals surface area contributed by atoms with Crippen LogP contribution in [0.2, 0.25) is 0 Å². The molecule has 0 amide bonds. The van der Waals surface area contributed by atoms with E-state index in [2.05, 4.69) is 41.8 Å². The monoisotopic (exact) mass is 348 g/mol. The number of para-hydroxylation sites is 2. The van der Waals surface area contributed by atoms with Crippen LogP contribution in [0, 0.1) is 10.1 Å². The molecule has 0 unspecified atom stereocenters. The molecule has 0 spiro atoms. The zero-order chi connectivity index (χ0) is 12.9. The van der Waals surface area contributed by atoms with Crippen LogP contribution in [0.1, 0.15) is 26.7 Å². The number of halogens is 1. The summed E-state index contributed by atoms with van der Waals surface area (Å²) in [5.41, 5.74) is 0.735. The molecule has 4 nitrogen and oxygen atoms in total. The molecule has 1 rings (SSSR count). The first-order valence-corrected chi connectivity index (χ1v) is 6.76. The lowest BCUT2D eigenvalue weighted by atomic mass is 10.0. The van der Waals surface area contributed by atoms with Crippen LogP contribution in [-0.2, 0) is 0 Å². The van der Waals surface area contributed by atoms with Crippen molar-refractivity contribution < 1.29 is 4.92 Å². The van der Waals surface area contributed by atoms with Crippen molar-refractivity contribution >= 4 is 34.0 Å². The molecule has 17 heavy (non-hydrogen) atoms. The van der Waals surface area contributed by atoms with Crippen molar-refractivity contribution in [2.45, 2.75) is 30.1 Å². The van der Waals surface area contributed by atoms with E-state index in [0.717, 1.165) is 19.4 Å². The summed E-state index contributed by atoms with van der Waals surface area (Å²) in [4.78, 5) is 10.5. The average Bonchev–Trinajstić information content (AvgIpc) is 2.36. The third-order valence-electron chi connectivity index (χ3n) is 2.96. The van der Waals surface area contributed by atoms with Gasteiger partial charge in [0.25, 0.3) is 5.69 Å². The van der Waals surface area contributed by atoms with Gasteiger partial charge in [0.1, 0.15) is 5.69 Å². The quantitative estimate of drug-likeness (QED) is 0.366. The molecule has 94 valence electrons. The molecule has 0 aromatic heterocycles. The Kier molecular flexibility index (Phi) is 5.17. The molecule has 0 fully saturated rings. The minimum absolute atomic E-state index is 0.137. The van der Waals surface area contributed by atoms with Crippen molar-refractivity contribution in [3.63, 3.8) is 0 Å². The lowest BCUT2D eigenvalue weighted by Gasteiger charge is -2.25. The minimum Gasteiger partial charge on any atom is -0.378 e. The van der Waals surface area contributed by atoms with E-state index in [1.807, 2.05) is 6.07 Å². The Labute approximate surface area is 115 Å². The summed E-state index contributed by atoms with van der Waals surface area (Å²) in [6, 6.07) is 6.76. The maximum Gasteiger partial charge on any atom is 0.292 e. The fourth-order valence-corrected chi connectivity index (χ4v) is 1.73. The molecule has 0 atom stereocenters. The molecular weight excluding hydrogens is 331 g/mol. The highest BCUT2D eigenvalue weighted by Crippen LogP contribution is 2.29. The molecule has 0 saturated carbocycles. The van der Waals surface area contributed by atoms with Gasteiger partial charge in [-0.3, -0.25) is 10.1 Å². The summed E-state index contributed by atoms with van der Waals surface area (Å²) in [5.74, 6) is 0. The molecule has 1 N–H and O–H groups in total.